The summed E-state index contributed by atoms with van der Waals surface area (Å²) in [4.78, 5) is 16.3. The summed E-state index contributed by atoms with van der Waals surface area (Å²) in [5, 5.41) is 4.21. The Hall–Kier alpha value is -2.89. The summed E-state index contributed by atoms with van der Waals surface area (Å²) in [5.41, 5.74) is 1.94. The van der Waals surface area contributed by atoms with Crippen LogP contribution >= 0.6 is 0 Å². The largest absolute Gasteiger partial charge is 0.465 e. The summed E-state index contributed by atoms with van der Waals surface area (Å²) >= 11 is 0. The molecular weight excluding hydrogens is 294 g/mol. The molecule has 0 N–H and O–H groups in total. The number of hydrogen-bond donors (Lipinski definition) is 0. The van der Waals surface area contributed by atoms with Gasteiger partial charge >= 0.3 is 5.97 Å². The zero-order valence-corrected chi connectivity index (χ0v) is 12.6. The number of aromatic nitrogens is 3. The summed E-state index contributed by atoms with van der Waals surface area (Å²) in [6.07, 6.45) is 7.19. The first kappa shape index (κ1) is 13.8. The van der Waals surface area contributed by atoms with Crippen molar-refractivity contribution < 1.29 is 14.3 Å². The van der Waals surface area contributed by atoms with Crippen LogP contribution in [-0.2, 0) is 4.74 Å². The molecule has 23 heavy (non-hydrogen) atoms. The van der Waals surface area contributed by atoms with E-state index in [0.717, 1.165) is 0 Å². The van der Waals surface area contributed by atoms with Gasteiger partial charge in [0.25, 0.3) is 0 Å². The molecule has 1 saturated carbocycles. The average Bonchev–Trinajstić information content (AvgIpc) is 3.32. The molecule has 2 aromatic heterocycles. The van der Waals surface area contributed by atoms with Crippen LogP contribution < -0.4 is 4.74 Å². The van der Waals surface area contributed by atoms with Crippen molar-refractivity contribution in [1.29, 1.82) is 0 Å². The molecular formula is C17H15N3O3. The molecule has 116 valence electrons. The highest BCUT2D eigenvalue weighted by Crippen LogP contribution is 2.41. The van der Waals surface area contributed by atoms with E-state index in [1.165, 1.54) is 36.2 Å². The smallest absolute Gasteiger partial charge is 0.345 e. The number of rotatable bonds is 4. The molecule has 6 heteroatoms. The van der Waals surface area contributed by atoms with E-state index in [9.17, 15) is 4.79 Å². The van der Waals surface area contributed by atoms with Crippen LogP contribution in [0.5, 0.6) is 11.5 Å². The summed E-state index contributed by atoms with van der Waals surface area (Å²) < 4.78 is 12.3. The van der Waals surface area contributed by atoms with Gasteiger partial charge in [0.1, 0.15) is 11.3 Å². The van der Waals surface area contributed by atoms with Gasteiger partial charge in [0, 0.05) is 12.4 Å². The zero-order valence-electron chi connectivity index (χ0n) is 12.6. The maximum Gasteiger partial charge on any atom is 0.345 e. The molecule has 1 aliphatic carbocycles. The number of benzene rings is 1. The molecule has 0 aliphatic heterocycles. The first-order valence-electron chi connectivity index (χ1n) is 7.45. The van der Waals surface area contributed by atoms with Crippen LogP contribution in [0.15, 0.2) is 42.9 Å². The number of ether oxygens (including phenoxy) is 2. The summed E-state index contributed by atoms with van der Waals surface area (Å²) in [6.45, 7) is 0. The lowest BCUT2D eigenvalue weighted by atomic mass is 10.1. The molecule has 1 fully saturated rings. The van der Waals surface area contributed by atoms with E-state index in [4.69, 9.17) is 9.47 Å². The number of imidazole rings is 1. The highest BCUT2D eigenvalue weighted by atomic mass is 16.5. The quantitative estimate of drug-likeness (QED) is 0.692. The first-order valence-corrected chi connectivity index (χ1v) is 7.45. The van der Waals surface area contributed by atoms with E-state index in [1.807, 2.05) is 18.2 Å². The molecule has 0 spiro atoms. The maximum atomic E-state index is 12.1. The van der Waals surface area contributed by atoms with Crippen molar-refractivity contribution in [2.45, 2.75) is 18.8 Å². The lowest BCUT2D eigenvalue weighted by Gasteiger charge is -2.11. The third kappa shape index (κ3) is 2.52. The second-order valence-electron chi connectivity index (χ2n) is 5.52. The Bertz CT molecular complexity index is 884. The van der Waals surface area contributed by atoms with E-state index in [2.05, 4.69) is 16.1 Å². The zero-order chi connectivity index (χ0) is 15.8. The van der Waals surface area contributed by atoms with Crippen LogP contribution in [-0.4, -0.2) is 27.7 Å². The minimum absolute atomic E-state index is 0.268. The van der Waals surface area contributed by atoms with Crippen LogP contribution in [0.3, 0.4) is 0 Å². The number of methoxy groups -OCH3 is 1. The Morgan fingerprint density at radius 1 is 1.35 bits per heavy atom. The molecule has 0 saturated heterocycles. The normalized spacial score (nSPS) is 14.0. The van der Waals surface area contributed by atoms with Crippen molar-refractivity contribution in [1.82, 2.24) is 14.6 Å². The molecule has 1 aromatic carbocycles. The van der Waals surface area contributed by atoms with Gasteiger partial charge in [-0.05, 0) is 36.5 Å². The van der Waals surface area contributed by atoms with Gasteiger partial charge in [-0.1, -0.05) is 12.1 Å². The standard InChI is InChI=1S/C17H15N3O3/c1-22-17(21)15-14(10-19-20-8-7-18-16(15)20)23-13-4-2-3-12(9-13)11-5-6-11/h2-4,7-11H,5-6H2,1H3. The Morgan fingerprint density at radius 2 is 2.22 bits per heavy atom. The highest BCUT2D eigenvalue weighted by Gasteiger charge is 2.24. The van der Waals surface area contributed by atoms with Crippen LogP contribution in [0, 0.1) is 0 Å². The van der Waals surface area contributed by atoms with Crippen LogP contribution in [0.25, 0.3) is 5.65 Å². The summed E-state index contributed by atoms with van der Waals surface area (Å²) in [7, 11) is 1.33. The van der Waals surface area contributed by atoms with Crippen molar-refractivity contribution in [3.63, 3.8) is 0 Å². The van der Waals surface area contributed by atoms with Gasteiger partial charge in [-0.2, -0.15) is 5.10 Å². The fourth-order valence-corrected chi connectivity index (χ4v) is 2.61. The average molecular weight is 309 g/mol. The van der Waals surface area contributed by atoms with Crippen molar-refractivity contribution in [2.75, 3.05) is 7.11 Å². The number of carbonyl (C=O) groups is 1. The van der Waals surface area contributed by atoms with Gasteiger partial charge in [-0.25, -0.2) is 14.3 Å². The van der Waals surface area contributed by atoms with E-state index >= 15 is 0 Å². The maximum absolute atomic E-state index is 12.1. The number of hydrogen-bond acceptors (Lipinski definition) is 5. The monoisotopic (exact) mass is 309 g/mol. The van der Waals surface area contributed by atoms with Gasteiger partial charge in [-0.15, -0.1) is 0 Å². The molecule has 1 aliphatic rings. The Morgan fingerprint density at radius 3 is 3.00 bits per heavy atom. The summed E-state index contributed by atoms with van der Waals surface area (Å²) in [6, 6.07) is 7.93. The second kappa shape index (κ2) is 5.39. The molecule has 0 unspecified atom stereocenters. The van der Waals surface area contributed by atoms with E-state index in [-0.39, 0.29) is 5.56 Å². The number of nitrogens with zero attached hydrogens (tertiary/aromatic N) is 3. The van der Waals surface area contributed by atoms with E-state index < -0.39 is 5.97 Å². The lowest BCUT2D eigenvalue weighted by molar-refractivity contribution is 0.0599. The van der Waals surface area contributed by atoms with Crippen LogP contribution in [0.4, 0.5) is 0 Å². The minimum Gasteiger partial charge on any atom is -0.465 e. The van der Waals surface area contributed by atoms with Gasteiger partial charge in [0.2, 0.25) is 0 Å². The van der Waals surface area contributed by atoms with E-state index in [1.54, 1.807) is 12.4 Å². The molecule has 0 bridgehead atoms. The molecule has 4 rings (SSSR count). The SMILES string of the molecule is COC(=O)c1c(Oc2cccc(C3CC3)c2)cnn2ccnc12. The third-order valence-electron chi connectivity index (χ3n) is 3.92. The molecule has 0 amide bonds. The fraction of sp³-hybridized carbons (Fsp3) is 0.235. The van der Waals surface area contributed by atoms with Crippen LogP contribution in [0.2, 0.25) is 0 Å². The third-order valence-corrected chi connectivity index (χ3v) is 3.92. The van der Waals surface area contributed by atoms with Crippen molar-refractivity contribution >= 4 is 11.6 Å². The van der Waals surface area contributed by atoms with Crippen molar-refractivity contribution in [3.05, 3.63) is 54.0 Å². The van der Waals surface area contributed by atoms with E-state index in [0.29, 0.717) is 23.1 Å². The molecule has 0 atom stereocenters. The molecule has 0 radical (unpaired) electrons. The number of esters is 1. The Balaban J connectivity index is 1.76. The van der Waals surface area contributed by atoms with Gasteiger partial charge in [0.15, 0.2) is 11.4 Å². The molecule has 3 aromatic rings. The lowest BCUT2D eigenvalue weighted by Crippen LogP contribution is -2.08. The van der Waals surface area contributed by atoms with Gasteiger partial charge in [0.05, 0.1) is 13.3 Å². The number of fused-ring (bicyclic) bond motifs is 1. The Labute approximate surface area is 132 Å². The second-order valence-corrected chi connectivity index (χ2v) is 5.52. The first-order chi connectivity index (χ1) is 11.3. The predicted octanol–water partition coefficient (Wildman–Crippen LogP) is 3.19. The Kier molecular flexibility index (Phi) is 3.22. The predicted molar refractivity (Wildman–Crippen MR) is 82.8 cm³/mol. The molecule has 2 heterocycles. The molecule has 6 nitrogen and oxygen atoms in total. The van der Waals surface area contributed by atoms with Gasteiger partial charge in [-0.3, -0.25) is 0 Å². The van der Waals surface area contributed by atoms with Crippen LogP contribution in [0.1, 0.15) is 34.7 Å². The minimum atomic E-state index is -0.503. The fourth-order valence-electron chi connectivity index (χ4n) is 2.61. The number of carbonyl (C=O) groups excluding carboxylic acids is 1. The van der Waals surface area contributed by atoms with Crippen molar-refractivity contribution in [2.24, 2.45) is 0 Å². The highest BCUT2D eigenvalue weighted by molar-refractivity contribution is 5.98. The summed E-state index contributed by atoms with van der Waals surface area (Å²) in [5.74, 6) is 1.14. The topological polar surface area (TPSA) is 65.7 Å². The van der Waals surface area contributed by atoms with Gasteiger partial charge < -0.3 is 9.47 Å². The van der Waals surface area contributed by atoms with Crippen molar-refractivity contribution in [3.8, 4) is 11.5 Å².